The van der Waals surface area contributed by atoms with E-state index in [9.17, 15) is 9.18 Å². The fraction of sp³-hybridized carbons (Fsp3) is 0.455. The summed E-state index contributed by atoms with van der Waals surface area (Å²) in [6.45, 7) is 6.48. The molecule has 0 saturated heterocycles. The Balaban J connectivity index is 2.05. The van der Waals surface area contributed by atoms with Crippen LogP contribution in [0.15, 0.2) is 57.9 Å². The molecule has 2 nitrogen and oxygen atoms in total. The third-order valence-electron chi connectivity index (χ3n) is 5.96. The first-order valence-electron chi connectivity index (χ1n) is 9.13. The third kappa shape index (κ3) is 2.28. The Morgan fingerprint density at radius 3 is 2.52 bits per heavy atom. The average molecular weight is 337 g/mol. The van der Waals surface area contributed by atoms with E-state index in [1.54, 1.807) is 0 Å². The van der Waals surface area contributed by atoms with Gasteiger partial charge in [-0.2, -0.15) is 0 Å². The van der Waals surface area contributed by atoms with Crippen LogP contribution in [0, 0.1) is 5.41 Å². The van der Waals surface area contributed by atoms with E-state index in [1.165, 1.54) is 5.57 Å². The van der Waals surface area contributed by atoms with Crippen LogP contribution in [0.4, 0.5) is 4.39 Å². The van der Waals surface area contributed by atoms with Crippen molar-refractivity contribution in [3.8, 4) is 0 Å². The highest BCUT2D eigenvalue weighted by Crippen LogP contribution is 2.55. The fourth-order valence-corrected chi connectivity index (χ4v) is 5.14. The Kier molecular flexibility index (Phi) is 3.61. The number of carbonyl (C=O) groups excluding carboxylic acids is 1. The van der Waals surface area contributed by atoms with Crippen LogP contribution in [0.25, 0.3) is 0 Å². The van der Waals surface area contributed by atoms with Crippen molar-refractivity contribution in [3.05, 3.63) is 58.4 Å². The summed E-state index contributed by atoms with van der Waals surface area (Å²) in [5.41, 5.74) is 3.85. The molecule has 0 spiro atoms. The first kappa shape index (κ1) is 16.4. The van der Waals surface area contributed by atoms with Crippen LogP contribution in [0.1, 0.15) is 52.0 Å². The molecule has 25 heavy (non-hydrogen) atoms. The van der Waals surface area contributed by atoms with Gasteiger partial charge in [-0.1, -0.05) is 56.7 Å². The molecule has 3 aliphatic rings. The van der Waals surface area contributed by atoms with Crippen molar-refractivity contribution < 1.29 is 9.18 Å². The van der Waals surface area contributed by atoms with Gasteiger partial charge in [0.15, 0.2) is 5.78 Å². The van der Waals surface area contributed by atoms with Crippen LogP contribution >= 0.6 is 0 Å². The largest absolute Gasteiger partial charge is 0.294 e. The minimum absolute atomic E-state index is 0.0367. The molecule has 4 rings (SSSR count). The molecule has 3 heteroatoms. The van der Waals surface area contributed by atoms with Crippen molar-refractivity contribution >= 4 is 11.5 Å². The number of carbonyl (C=O) groups is 1. The predicted octanol–water partition coefficient (Wildman–Crippen LogP) is 5.10. The number of Topliss-reactive ketones (excluding diaryl/α,β-unsaturated/α-hetero) is 1. The highest BCUT2D eigenvalue weighted by atomic mass is 19.1. The zero-order valence-corrected chi connectivity index (χ0v) is 15.2. The predicted molar refractivity (Wildman–Crippen MR) is 98.5 cm³/mol. The quantitative estimate of drug-likeness (QED) is 0.738. The molecule has 130 valence electrons. The molecule has 1 aliphatic heterocycles. The lowest BCUT2D eigenvalue weighted by atomic mass is 9.55. The first-order chi connectivity index (χ1) is 11.9. The highest BCUT2D eigenvalue weighted by molar-refractivity contribution is 6.14. The van der Waals surface area contributed by atoms with E-state index < -0.39 is 5.41 Å². The molecule has 0 aromatic heterocycles. The molecule has 0 bridgehead atoms. The van der Waals surface area contributed by atoms with E-state index >= 15 is 0 Å². The van der Waals surface area contributed by atoms with Gasteiger partial charge in [0.25, 0.3) is 0 Å². The second kappa shape index (κ2) is 5.48. The lowest BCUT2D eigenvalue weighted by Crippen LogP contribution is -2.44. The Morgan fingerprint density at radius 2 is 1.84 bits per heavy atom. The average Bonchev–Trinajstić information content (AvgIpc) is 2.94. The van der Waals surface area contributed by atoms with Crippen molar-refractivity contribution in [2.45, 2.75) is 51.9 Å². The maximum Gasteiger partial charge on any atom is 0.160 e. The van der Waals surface area contributed by atoms with Crippen molar-refractivity contribution in [1.29, 1.82) is 0 Å². The van der Waals surface area contributed by atoms with Crippen molar-refractivity contribution in [3.63, 3.8) is 0 Å². The summed E-state index contributed by atoms with van der Waals surface area (Å²) in [6.07, 6.45) is 2.71. The number of allylic oxidation sites excluding steroid dienone is 3. The molecular weight excluding hydrogens is 313 g/mol. The van der Waals surface area contributed by atoms with Gasteiger partial charge < -0.3 is 0 Å². The SMILES string of the molecule is CC[C@]1(c2ccccc2)C2=C(F)CN=C2CC2=C1C(=O)CC(C)(C)C2. The van der Waals surface area contributed by atoms with Gasteiger partial charge in [0.05, 0.1) is 12.0 Å². The van der Waals surface area contributed by atoms with Crippen LogP contribution in [-0.4, -0.2) is 18.0 Å². The minimum atomic E-state index is -0.679. The van der Waals surface area contributed by atoms with Crippen molar-refractivity contribution in [2.75, 3.05) is 6.54 Å². The molecule has 0 fully saturated rings. The Hall–Kier alpha value is -2.03. The van der Waals surface area contributed by atoms with E-state index in [-0.39, 0.29) is 23.6 Å². The summed E-state index contributed by atoms with van der Waals surface area (Å²) in [7, 11) is 0. The smallest absolute Gasteiger partial charge is 0.160 e. The number of nitrogens with zero attached hydrogens (tertiary/aromatic N) is 1. The van der Waals surface area contributed by atoms with E-state index in [0.717, 1.165) is 23.3 Å². The summed E-state index contributed by atoms with van der Waals surface area (Å²) in [5.74, 6) is 0.0214. The molecule has 0 N–H and O–H groups in total. The summed E-state index contributed by atoms with van der Waals surface area (Å²) >= 11 is 0. The Bertz CT molecular complexity index is 844. The number of aliphatic imine (C=N–C) groups is 1. The van der Waals surface area contributed by atoms with Crippen molar-refractivity contribution in [1.82, 2.24) is 0 Å². The lowest BCUT2D eigenvalue weighted by Gasteiger charge is -2.46. The van der Waals surface area contributed by atoms with Crippen LogP contribution in [-0.2, 0) is 10.2 Å². The maximum atomic E-state index is 14.9. The minimum Gasteiger partial charge on any atom is -0.294 e. The molecule has 1 aromatic rings. The standard InChI is InChI=1S/C22H24FNO/c1-4-22(15-8-6-5-7-9-15)19-14(11-21(2,3)12-18(19)25)10-17-20(22)16(23)13-24-17/h5-9H,4,10-13H2,1-3H3/t22-/m1/s1. The molecule has 1 heterocycles. The second-order valence-electron chi connectivity index (χ2n) is 8.26. The Labute approximate surface area is 148 Å². The van der Waals surface area contributed by atoms with E-state index in [0.29, 0.717) is 24.8 Å². The summed E-state index contributed by atoms with van der Waals surface area (Å²) < 4.78 is 14.9. The summed E-state index contributed by atoms with van der Waals surface area (Å²) in [4.78, 5) is 17.7. The van der Waals surface area contributed by atoms with Gasteiger partial charge in [0.1, 0.15) is 5.83 Å². The fourth-order valence-electron chi connectivity index (χ4n) is 5.14. The van der Waals surface area contributed by atoms with Crippen LogP contribution < -0.4 is 0 Å². The summed E-state index contributed by atoms with van der Waals surface area (Å²) in [5, 5.41) is 0. The monoisotopic (exact) mass is 337 g/mol. The molecule has 0 amide bonds. The number of ketones is 1. The number of rotatable bonds is 2. The normalized spacial score (nSPS) is 28.0. The number of halogens is 1. The molecule has 1 aromatic carbocycles. The maximum absolute atomic E-state index is 14.9. The van der Waals surface area contributed by atoms with Gasteiger partial charge in [0.2, 0.25) is 0 Å². The van der Waals surface area contributed by atoms with Crippen LogP contribution in [0.3, 0.4) is 0 Å². The number of fused-ring (bicyclic) bond motifs is 1. The van der Waals surface area contributed by atoms with E-state index in [2.05, 4.69) is 25.8 Å². The van der Waals surface area contributed by atoms with E-state index in [4.69, 9.17) is 0 Å². The van der Waals surface area contributed by atoms with E-state index in [1.807, 2.05) is 30.3 Å². The number of benzene rings is 1. The zero-order valence-electron chi connectivity index (χ0n) is 15.2. The van der Waals surface area contributed by atoms with Crippen LogP contribution in [0.5, 0.6) is 0 Å². The number of hydrogen-bond donors (Lipinski definition) is 0. The van der Waals surface area contributed by atoms with Gasteiger partial charge in [-0.3, -0.25) is 9.79 Å². The molecular formula is C22H24FNO. The van der Waals surface area contributed by atoms with Crippen molar-refractivity contribution in [2.24, 2.45) is 10.4 Å². The van der Waals surface area contributed by atoms with Gasteiger partial charge in [-0.05, 0) is 23.8 Å². The first-order valence-corrected chi connectivity index (χ1v) is 9.13. The Morgan fingerprint density at radius 1 is 1.12 bits per heavy atom. The zero-order chi connectivity index (χ0) is 17.8. The van der Waals surface area contributed by atoms with Gasteiger partial charge in [-0.25, -0.2) is 4.39 Å². The molecule has 2 aliphatic carbocycles. The van der Waals surface area contributed by atoms with Crippen LogP contribution in [0.2, 0.25) is 0 Å². The lowest BCUT2D eigenvalue weighted by molar-refractivity contribution is -0.118. The van der Waals surface area contributed by atoms with Gasteiger partial charge in [0, 0.05) is 29.7 Å². The number of hydrogen-bond acceptors (Lipinski definition) is 2. The molecule has 0 unspecified atom stereocenters. The van der Waals surface area contributed by atoms with Gasteiger partial charge >= 0.3 is 0 Å². The topological polar surface area (TPSA) is 29.4 Å². The molecule has 0 saturated carbocycles. The second-order valence-corrected chi connectivity index (χ2v) is 8.26. The highest BCUT2D eigenvalue weighted by Gasteiger charge is 2.52. The molecule has 0 radical (unpaired) electrons. The van der Waals surface area contributed by atoms with Gasteiger partial charge in [-0.15, -0.1) is 0 Å². The summed E-state index contributed by atoms with van der Waals surface area (Å²) in [6, 6.07) is 9.97. The molecule has 1 atom stereocenters. The third-order valence-corrected chi connectivity index (χ3v) is 5.96.